The number of benzene rings is 1. The van der Waals surface area contributed by atoms with Crippen molar-refractivity contribution < 1.29 is 9.53 Å². The number of ether oxygens (including phenoxy) is 1. The van der Waals surface area contributed by atoms with E-state index in [1.165, 1.54) is 18.4 Å². The van der Waals surface area contributed by atoms with Crippen molar-refractivity contribution in [2.75, 3.05) is 12.4 Å². The van der Waals surface area contributed by atoms with Gasteiger partial charge in [-0.15, -0.1) is 0 Å². The Morgan fingerprint density at radius 1 is 1.32 bits per heavy atom. The van der Waals surface area contributed by atoms with E-state index in [1.54, 1.807) is 11.8 Å². The summed E-state index contributed by atoms with van der Waals surface area (Å²) in [5.74, 6) is 1.09. The minimum Gasteiger partial charge on any atom is -0.495 e. The molecule has 3 aromatic rings. The van der Waals surface area contributed by atoms with Crippen LogP contribution in [-0.4, -0.2) is 27.8 Å². The molecule has 1 amide bonds. The molecule has 1 aliphatic rings. The number of hydrogen-bond donors (Lipinski definition) is 1. The summed E-state index contributed by atoms with van der Waals surface area (Å²) in [5.41, 5.74) is 3.65. The quantitative estimate of drug-likeness (QED) is 0.776. The average Bonchev–Trinajstić information content (AvgIpc) is 3.41. The first-order valence-electron chi connectivity index (χ1n) is 8.42. The van der Waals surface area contributed by atoms with Crippen LogP contribution in [-0.2, 0) is 11.3 Å². The summed E-state index contributed by atoms with van der Waals surface area (Å²) in [7, 11) is 1.58. The molecular formula is C19H20N4O2. The van der Waals surface area contributed by atoms with Crippen LogP contribution in [0.25, 0.3) is 11.0 Å². The van der Waals surface area contributed by atoms with Crippen LogP contribution in [0.15, 0.2) is 36.5 Å². The summed E-state index contributed by atoms with van der Waals surface area (Å²) in [5, 5.41) is 8.52. The van der Waals surface area contributed by atoms with E-state index in [-0.39, 0.29) is 12.5 Å². The van der Waals surface area contributed by atoms with E-state index in [1.807, 2.05) is 37.4 Å². The summed E-state index contributed by atoms with van der Waals surface area (Å²) in [6, 6.07) is 9.42. The second kappa shape index (κ2) is 6.20. The van der Waals surface area contributed by atoms with Crippen LogP contribution in [0, 0.1) is 6.92 Å². The molecule has 6 heteroatoms. The summed E-state index contributed by atoms with van der Waals surface area (Å²) in [4.78, 5) is 16.9. The lowest BCUT2D eigenvalue weighted by Gasteiger charge is -2.10. The minimum atomic E-state index is -0.160. The first-order valence-corrected chi connectivity index (χ1v) is 8.42. The highest BCUT2D eigenvalue weighted by Gasteiger charge is 2.27. The molecule has 0 spiro atoms. The Labute approximate surface area is 145 Å². The summed E-state index contributed by atoms with van der Waals surface area (Å²) in [6.45, 7) is 2.09. The topological polar surface area (TPSA) is 69.0 Å². The number of nitrogens with zero attached hydrogens (tertiary/aromatic N) is 3. The van der Waals surface area contributed by atoms with Crippen molar-refractivity contribution >= 4 is 22.6 Å². The Kier molecular flexibility index (Phi) is 3.87. The van der Waals surface area contributed by atoms with Crippen LogP contribution in [0.5, 0.6) is 5.75 Å². The molecule has 1 saturated carbocycles. The smallest absolute Gasteiger partial charge is 0.246 e. The van der Waals surface area contributed by atoms with Crippen LogP contribution >= 0.6 is 0 Å². The highest BCUT2D eigenvalue weighted by molar-refractivity contribution is 5.93. The lowest BCUT2D eigenvalue weighted by Crippen LogP contribution is -2.20. The summed E-state index contributed by atoms with van der Waals surface area (Å²) >= 11 is 0. The second-order valence-corrected chi connectivity index (χ2v) is 6.36. The number of methoxy groups -OCH3 is 1. The number of amides is 1. The standard InChI is InChI=1S/C19H20N4O2/c1-12-18-14(13-7-8-13)9-10-20-19(18)23(22-12)11-17(24)21-15-5-3-4-6-16(15)25-2/h3-6,9-10,13H,7-8,11H2,1-2H3,(H,21,24). The van der Waals surface area contributed by atoms with Gasteiger partial charge in [-0.25, -0.2) is 9.67 Å². The molecule has 1 fully saturated rings. The highest BCUT2D eigenvalue weighted by Crippen LogP contribution is 2.43. The van der Waals surface area contributed by atoms with Crippen molar-refractivity contribution in [3.8, 4) is 5.75 Å². The zero-order valence-electron chi connectivity index (χ0n) is 14.3. The monoisotopic (exact) mass is 336 g/mol. The number of para-hydroxylation sites is 2. The first kappa shape index (κ1) is 15.6. The highest BCUT2D eigenvalue weighted by atomic mass is 16.5. The zero-order chi connectivity index (χ0) is 17.4. The fourth-order valence-corrected chi connectivity index (χ4v) is 3.23. The third-order valence-corrected chi connectivity index (χ3v) is 4.53. The number of carbonyl (C=O) groups excluding carboxylic acids is 1. The van der Waals surface area contributed by atoms with E-state index >= 15 is 0 Å². The van der Waals surface area contributed by atoms with E-state index < -0.39 is 0 Å². The maximum atomic E-state index is 12.5. The number of anilines is 1. The Hall–Kier alpha value is -2.89. The fourth-order valence-electron chi connectivity index (χ4n) is 3.23. The van der Waals surface area contributed by atoms with Gasteiger partial charge in [0.2, 0.25) is 5.91 Å². The average molecular weight is 336 g/mol. The molecule has 0 aliphatic heterocycles. The van der Waals surface area contributed by atoms with Crippen molar-refractivity contribution in [2.24, 2.45) is 0 Å². The van der Waals surface area contributed by atoms with E-state index in [0.717, 1.165) is 16.7 Å². The maximum absolute atomic E-state index is 12.5. The van der Waals surface area contributed by atoms with Gasteiger partial charge in [-0.3, -0.25) is 4.79 Å². The van der Waals surface area contributed by atoms with Gasteiger partial charge in [0.05, 0.1) is 18.5 Å². The molecule has 0 bridgehead atoms. The molecule has 2 aromatic heterocycles. The van der Waals surface area contributed by atoms with Crippen molar-refractivity contribution in [3.05, 3.63) is 47.8 Å². The van der Waals surface area contributed by atoms with Gasteiger partial charge in [-0.2, -0.15) is 5.10 Å². The zero-order valence-corrected chi connectivity index (χ0v) is 14.3. The Balaban J connectivity index is 1.60. The molecule has 0 radical (unpaired) electrons. The molecule has 2 heterocycles. The third kappa shape index (κ3) is 2.95. The van der Waals surface area contributed by atoms with Gasteiger partial charge in [0.25, 0.3) is 0 Å². The molecule has 0 atom stereocenters. The molecule has 1 aliphatic carbocycles. The molecule has 0 saturated heterocycles. The van der Waals surface area contributed by atoms with Gasteiger partial charge < -0.3 is 10.1 Å². The predicted octanol–water partition coefficient (Wildman–Crippen LogP) is 3.26. The fraction of sp³-hybridized carbons (Fsp3) is 0.316. The van der Waals surface area contributed by atoms with Crippen molar-refractivity contribution in [3.63, 3.8) is 0 Å². The second-order valence-electron chi connectivity index (χ2n) is 6.36. The molecule has 0 unspecified atom stereocenters. The Bertz CT molecular complexity index is 944. The Morgan fingerprint density at radius 3 is 2.88 bits per heavy atom. The van der Waals surface area contributed by atoms with Gasteiger partial charge in [0.15, 0.2) is 5.65 Å². The van der Waals surface area contributed by atoms with Crippen LogP contribution in [0.1, 0.15) is 30.0 Å². The number of carbonyl (C=O) groups is 1. The lowest BCUT2D eigenvalue weighted by atomic mass is 10.1. The van der Waals surface area contributed by atoms with Crippen molar-refractivity contribution in [2.45, 2.75) is 32.2 Å². The number of pyridine rings is 1. The number of aryl methyl sites for hydroxylation is 1. The van der Waals surface area contributed by atoms with E-state index in [0.29, 0.717) is 17.4 Å². The largest absolute Gasteiger partial charge is 0.495 e. The minimum absolute atomic E-state index is 0.115. The SMILES string of the molecule is COc1ccccc1NC(=O)Cn1nc(C)c2c(C3CC3)ccnc21. The molecule has 6 nitrogen and oxygen atoms in total. The molecule has 1 N–H and O–H groups in total. The maximum Gasteiger partial charge on any atom is 0.246 e. The number of hydrogen-bond acceptors (Lipinski definition) is 4. The van der Waals surface area contributed by atoms with E-state index in [9.17, 15) is 4.79 Å². The number of fused-ring (bicyclic) bond motifs is 1. The molecular weight excluding hydrogens is 316 g/mol. The lowest BCUT2D eigenvalue weighted by molar-refractivity contribution is -0.116. The van der Waals surface area contributed by atoms with Gasteiger partial charge >= 0.3 is 0 Å². The van der Waals surface area contributed by atoms with Crippen LogP contribution in [0.2, 0.25) is 0 Å². The van der Waals surface area contributed by atoms with Gasteiger partial charge in [-0.1, -0.05) is 12.1 Å². The van der Waals surface area contributed by atoms with Crippen LogP contribution < -0.4 is 10.1 Å². The summed E-state index contributed by atoms with van der Waals surface area (Å²) in [6.07, 6.45) is 4.25. The Morgan fingerprint density at radius 2 is 2.12 bits per heavy atom. The van der Waals surface area contributed by atoms with Crippen LogP contribution in [0.4, 0.5) is 5.69 Å². The molecule has 25 heavy (non-hydrogen) atoms. The summed E-state index contributed by atoms with van der Waals surface area (Å²) < 4.78 is 6.95. The number of rotatable bonds is 5. The molecule has 1 aromatic carbocycles. The van der Waals surface area contributed by atoms with Gasteiger partial charge in [0.1, 0.15) is 12.3 Å². The number of aromatic nitrogens is 3. The van der Waals surface area contributed by atoms with Crippen LogP contribution in [0.3, 0.4) is 0 Å². The van der Waals surface area contributed by atoms with Gasteiger partial charge in [0, 0.05) is 11.6 Å². The normalized spacial score (nSPS) is 13.8. The third-order valence-electron chi connectivity index (χ3n) is 4.53. The van der Waals surface area contributed by atoms with Crippen molar-refractivity contribution in [1.29, 1.82) is 0 Å². The molecule has 4 rings (SSSR count). The van der Waals surface area contributed by atoms with Gasteiger partial charge in [-0.05, 0) is 49.4 Å². The number of nitrogens with one attached hydrogen (secondary N) is 1. The predicted molar refractivity (Wildman–Crippen MR) is 95.9 cm³/mol. The first-order chi connectivity index (χ1) is 12.2. The molecule has 128 valence electrons. The van der Waals surface area contributed by atoms with E-state index in [2.05, 4.69) is 21.5 Å². The van der Waals surface area contributed by atoms with E-state index in [4.69, 9.17) is 4.74 Å². The van der Waals surface area contributed by atoms with Crippen molar-refractivity contribution in [1.82, 2.24) is 14.8 Å².